The van der Waals surface area contributed by atoms with Gasteiger partial charge in [0, 0.05) is 6.42 Å². The molecule has 1 aliphatic rings. The molecule has 0 aliphatic carbocycles. The lowest BCUT2D eigenvalue weighted by Gasteiger charge is -2.23. The van der Waals surface area contributed by atoms with Crippen LogP contribution in [0, 0.1) is 6.92 Å². The van der Waals surface area contributed by atoms with Crippen molar-refractivity contribution in [1.29, 1.82) is 0 Å². The summed E-state index contributed by atoms with van der Waals surface area (Å²) in [6.45, 7) is 2.57. The molecular weight excluding hydrogens is 406 g/mol. The molecule has 2 aromatic carbocycles. The molecule has 7 nitrogen and oxygen atoms in total. The Morgan fingerprint density at radius 3 is 2.43 bits per heavy atom. The topological polar surface area (TPSA) is 90.9 Å². The number of hydrogen-bond donors (Lipinski definition) is 1. The Balaban J connectivity index is 1.68. The Morgan fingerprint density at radius 1 is 1.13 bits per heavy atom. The molecule has 8 heteroatoms. The molecule has 0 radical (unpaired) electrons. The summed E-state index contributed by atoms with van der Waals surface area (Å²) in [6, 6.07) is 12.5. The lowest BCUT2D eigenvalue weighted by Crippen LogP contribution is -2.42. The molecule has 0 aromatic heterocycles. The third kappa shape index (κ3) is 6.04. The second-order valence-corrected chi connectivity index (χ2v) is 8.99. The molecule has 162 valence electrons. The summed E-state index contributed by atoms with van der Waals surface area (Å²) in [5.41, 5.74) is 1.72. The van der Waals surface area contributed by atoms with Crippen LogP contribution in [-0.4, -0.2) is 40.4 Å². The van der Waals surface area contributed by atoms with E-state index in [1.54, 1.807) is 36.4 Å². The molecule has 1 saturated heterocycles. The fourth-order valence-corrected chi connectivity index (χ4v) is 4.37. The van der Waals surface area contributed by atoms with Gasteiger partial charge in [-0.25, -0.2) is 8.42 Å². The van der Waals surface area contributed by atoms with Gasteiger partial charge in [0.2, 0.25) is 10.0 Å². The summed E-state index contributed by atoms with van der Waals surface area (Å²) in [4.78, 5) is 12.3. The van der Waals surface area contributed by atoms with Crippen LogP contribution in [-0.2, 0) is 30.7 Å². The van der Waals surface area contributed by atoms with Crippen LogP contribution in [0.2, 0.25) is 0 Å². The van der Waals surface area contributed by atoms with E-state index in [4.69, 9.17) is 14.2 Å². The van der Waals surface area contributed by atoms with Crippen LogP contribution in [0.4, 0.5) is 0 Å². The van der Waals surface area contributed by atoms with Gasteiger partial charge in [-0.2, -0.15) is 4.72 Å². The van der Waals surface area contributed by atoms with Crippen LogP contribution in [0.15, 0.2) is 53.4 Å². The minimum atomic E-state index is -3.87. The molecular formula is C22H27NO6S. The second kappa shape index (κ2) is 10.1. The Labute approximate surface area is 177 Å². The first-order valence-electron chi connectivity index (χ1n) is 9.91. The monoisotopic (exact) mass is 433 g/mol. The lowest BCUT2D eigenvalue weighted by molar-refractivity contribution is -0.142. The van der Waals surface area contributed by atoms with Gasteiger partial charge in [0.15, 0.2) is 6.29 Å². The number of nitrogens with one attached hydrogen (secondary N) is 1. The molecule has 1 N–H and O–H groups in total. The second-order valence-electron chi connectivity index (χ2n) is 7.27. The highest BCUT2D eigenvalue weighted by atomic mass is 32.2. The van der Waals surface area contributed by atoms with Crippen molar-refractivity contribution >= 4 is 16.0 Å². The van der Waals surface area contributed by atoms with Crippen molar-refractivity contribution in [2.75, 3.05) is 13.7 Å². The van der Waals surface area contributed by atoms with Crippen LogP contribution in [0.1, 0.15) is 30.4 Å². The van der Waals surface area contributed by atoms with E-state index >= 15 is 0 Å². The fourth-order valence-electron chi connectivity index (χ4n) is 3.18. The summed E-state index contributed by atoms with van der Waals surface area (Å²) in [5.74, 6) is 0.0159. The van der Waals surface area contributed by atoms with Gasteiger partial charge < -0.3 is 14.2 Å². The maximum atomic E-state index is 12.7. The summed E-state index contributed by atoms with van der Waals surface area (Å²) < 4.78 is 44.0. The van der Waals surface area contributed by atoms with Crippen LogP contribution < -0.4 is 9.46 Å². The van der Waals surface area contributed by atoms with Gasteiger partial charge >= 0.3 is 5.97 Å². The fraction of sp³-hybridized carbons (Fsp3) is 0.409. The molecule has 30 heavy (non-hydrogen) atoms. The van der Waals surface area contributed by atoms with Crippen molar-refractivity contribution in [1.82, 2.24) is 4.72 Å². The molecule has 1 heterocycles. The van der Waals surface area contributed by atoms with Gasteiger partial charge in [-0.3, -0.25) is 4.79 Å². The number of hydrogen-bond acceptors (Lipinski definition) is 6. The minimum Gasteiger partial charge on any atom is -0.468 e. The number of ether oxygens (including phenoxy) is 3. The Morgan fingerprint density at radius 2 is 1.83 bits per heavy atom. The highest BCUT2D eigenvalue weighted by molar-refractivity contribution is 7.89. The molecule has 1 fully saturated rings. The maximum Gasteiger partial charge on any atom is 0.324 e. The van der Waals surface area contributed by atoms with Crippen molar-refractivity contribution in [3.05, 3.63) is 59.7 Å². The quantitative estimate of drug-likeness (QED) is 0.644. The third-order valence-electron chi connectivity index (χ3n) is 4.88. The summed E-state index contributed by atoms with van der Waals surface area (Å²) in [7, 11) is -2.64. The number of rotatable bonds is 8. The zero-order valence-corrected chi connectivity index (χ0v) is 18.0. The lowest BCUT2D eigenvalue weighted by atomic mass is 10.1. The van der Waals surface area contributed by atoms with Crippen LogP contribution in [0.3, 0.4) is 0 Å². The number of benzene rings is 2. The summed E-state index contributed by atoms with van der Waals surface area (Å²) >= 11 is 0. The van der Waals surface area contributed by atoms with Gasteiger partial charge in [-0.05, 0) is 56.0 Å². The Bertz CT molecular complexity index is 935. The number of carbonyl (C=O) groups excluding carboxylic acids is 1. The first-order chi connectivity index (χ1) is 14.4. The predicted molar refractivity (Wildman–Crippen MR) is 112 cm³/mol. The normalized spacial score (nSPS) is 17.9. The number of carbonyl (C=O) groups is 1. The van der Waals surface area contributed by atoms with E-state index in [0.717, 1.165) is 30.4 Å². The average molecular weight is 434 g/mol. The van der Waals surface area contributed by atoms with Crippen molar-refractivity contribution in [3.63, 3.8) is 0 Å². The number of sulfonamides is 1. The van der Waals surface area contributed by atoms with Gasteiger partial charge in [-0.1, -0.05) is 29.8 Å². The Kier molecular flexibility index (Phi) is 7.47. The molecule has 3 rings (SSSR count). The Hall–Kier alpha value is -2.42. The van der Waals surface area contributed by atoms with Gasteiger partial charge in [0.05, 0.1) is 18.6 Å². The number of aryl methyl sites for hydroxylation is 1. The van der Waals surface area contributed by atoms with Crippen molar-refractivity contribution < 1.29 is 27.4 Å². The van der Waals surface area contributed by atoms with E-state index in [1.807, 2.05) is 6.92 Å². The molecule has 0 amide bonds. The van der Waals surface area contributed by atoms with E-state index in [-0.39, 0.29) is 17.6 Å². The zero-order chi connectivity index (χ0) is 21.6. The average Bonchev–Trinajstić information content (AvgIpc) is 2.75. The zero-order valence-electron chi connectivity index (χ0n) is 17.2. The van der Waals surface area contributed by atoms with E-state index in [1.165, 1.54) is 19.2 Å². The molecule has 0 saturated carbocycles. The maximum absolute atomic E-state index is 12.7. The van der Waals surface area contributed by atoms with Crippen LogP contribution >= 0.6 is 0 Å². The van der Waals surface area contributed by atoms with Crippen LogP contribution in [0.25, 0.3) is 0 Å². The standard InChI is InChI=1S/C22H27NO6S/c1-16-6-12-19(13-7-16)30(25,26)23-20(22(24)27-2)15-17-8-10-18(11-9-17)29-21-5-3-4-14-28-21/h6-13,20-21,23H,3-5,14-15H2,1-2H3/t20-,21?/m0/s1. The number of methoxy groups -OCH3 is 1. The highest BCUT2D eigenvalue weighted by Gasteiger charge is 2.27. The van der Waals surface area contributed by atoms with Crippen molar-refractivity contribution in [2.45, 2.75) is 49.8 Å². The third-order valence-corrected chi connectivity index (χ3v) is 6.37. The van der Waals surface area contributed by atoms with Gasteiger partial charge in [0.1, 0.15) is 11.8 Å². The predicted octanol–water partition coefficient (Wildman–Crippen LogP) is 2.96. The first kappa shape index (κ1) is 22.3. The van der Waals surface area contributed by atoms with Crippen molar-refractivity contribution in [3.8, 4) is 5.75 Å². The summed E-state index contributed by atoms with van der Waals surface area (Å²) in [6.07, 6.45) is 2.88. The number of esters is 1. The van der Waals surface area contributed by atoms with E-state index in [0.29, 0.717) is 12.4 Å². The van der Waals surface area contributed by atoms with E-state index in [9.17, 15) is 13.2 Å². The molecule has 1 aliphatic heterocycles. The molecule has 2 aromatic rings. The van der Waals surface area contributed by atoms with Gasteiger partial charge in [-0.15, -0.1) is 0 Å². The molecule has 1 unspecified atom stereocenters. The van der Waals surface area contributed by atoms with Gasteiger partial charge in [0.25, 0.3) is 0 Å². The largest absolute Gasteiger partial charge is 0.468 e. The smallest absolute Gasteiger partial charge is 0.324 e. The molecule has 0 spiro atoms. The van der Waals surface area contributed by atoms with Crippen LogP contribution in [0.5, 0.6) is 5.75 Å². The molecule has 0 bridgehead atoms. The SMILES string of the molecule is COC(=O)[C@H](Cc1ccc(OC2CCCCO2)cc1)NS(=O)(=O)c1ccc(C)cc1. The summed E-state index contributed by atoms with van der Waals surface area (Å²) in [5, 5.41) is 0. The first-order valence-corrected chi connectivity index (χ1v) is 11.4. The van der Waals surface area contributed by atoms with Crippen molar-refractivity contribution in [2.24, 2.45) is 0 Å². The van der Waals surface area contributed by atoms with E-state index in [2.05, 4.69) is 4.72 Å². The minimum absolute atomic E-state index is 0.0956. The highest BCUT2D eigenvalue weighted by Crippen LogP contribution is 2.20. The van der Waals surface area contributed by atoms with E-state index < -0.39 is 22.0 Å². The molecule has 2 atom stereocenters.